The summed E-state index contributed by atoms with van der Waals surface area (Å²) in [6.07, 6.45) is -1.28. The molecular weight excluding hydrogens is 283 g/mol. The van der Waals surface area contributed by atoms with E-state index in [1.54, 1.807) is 18.5 Å². The third-order valence-corrected chi connectivity index (χ3v) is 2.93. The number of aliphatic hydroxyl groups excluding tert-OH is 1. The number of rotatable bonds is 5. The molecule has 2 rings (SSSR count). The Morgan fingerprint density at radius 1 is 1.14 bits per heavy atom. The standard InChI is InChI=1S/C15H14F3NO2/c16-15(17,18)21-13-3-1-2-12(10-13)14(20)5-4-11-6-8-19-9-7-11/h1-3,6-10,14,20H,4-5H2. The van der Waals surface area contributed by atoms with Crippen LogP contribution >= 0.6 is 0 Å². The van der Waals surface area contributed by atoms with Crippen molar-refractivity contribution in [3.05, 3.63) is 59.9 Å². The number of halogens is 3. The SMILES string of the molecule is OC(CCc1ccncc1)c1cccc(OC(F)(F)F)c1. The summed E-state index contributed by atoms with van der Waals surface area (Å²) >= 11 is 0. The highest BCUT2D eigenvalue weighted by molar-refractivity contribution is 5.30. The monoisotopic (exact) mass is 297 g/mol. The summed E-state index contributed by atoms with van der Waals surface area (Å²) < 4.78 is 40.3. The van der Waals surface area contributed by atoms with Crippen LogP contribution < -0.4 is 4.74 Å². The fraction of sp³-hybridized carbons (Fsp3) is 0.267. The minimum Gasteiger partial charge on any atom is -0.406 e. The Kier molecular flexibility index (Phi) is 4.80. The molecule has 0 saturated heterocycles. The van der Waals surface area contributed by atoms with Crippen molar-refractivity contribution in [2.75, 3.05) is 0 Å². The van der Waals surface area contributed by atoms with Crippen LogP contribution in [0.3, 0.4) is 0 Å². The number of ether oxygens (including phenoxy) is 1. The van der Waals surface area contributed by atoms with Gasteiger partial charge in [-0.05, 0) is 48.2 Å². The van der Waals surface area contributed by atoms with Gasteiger partial charge in [0.1, 0.15) is 5.75 Å². The fourth-order valence-corrected chi connectivity index (χ4v) is 1.94. The Morgan fingerprint density at radius 3 is 2.52 bits per heavy atom. The molecule has 0 bridgehead atoms. The van der Waals surface area contributed by atoms with Gasteiger partial charge < -0.3 is 9.84 Å². The van der Waals surface area contributed by atoms with Crippen LogP contribution in [-0.2, 0) is 6.42 Å². The van der Waals surface area contributed by atoms with E-state index in [4.69, 9.17) is 0 Å². The Balaban J connectivity index is 1.99. The molecule has 0 aliphatic rings. The highest BCUT2D eigenvalue weighted by atomic mass is 19.4. The molecule has 1 N–H and O–H groups in total. The molecule has 0 amide bonds. The highest BCUT2D eigenvalue weighted by Gasteiger charge is 2.31. The largest absolute Gasteiger partial charge is 0.573 e. The Bertz CT molecular complexity index is 573. The van der Waals surface area contributed by atoms with E-state index in [9.17, 15) is 18.3 Å². The van der Waals surface area contributed by atoms with Crippen LogP contribution in [0.5, 0.6) is 5.75 Å². The zero-order valence-corrected chi connectivity index (χ0v) is 11.0. The van der Waals surface area contributed by atoms with Crippen LogP contribution in [0.2, 0.25) is 0 Å². The molecule has 0 spiro atoms. The van der Waals surface area contributed by atoms with Crippen LogP contribution in [-0.4, -0.2) is 16.5 Å². The summed E-state index contributed by atoms with van der Waals surface area (Å²) in [6, 6.07) is 9.05. The number of pyridine rings is 1. The number of nitrogens with zero attached hydrogens (tertiary/aromatic N) is 1. The first kappa shape index (κ1) is 15.3. The van der Waals surface area contributed by atoms with Crippen molar-refractivity contribution in [3.63, 3.8) is 0 Å². The van der Waals surface area contributed by atoms with E-state index in [0.29, 0.717) is 18.4 Å². The van der Waals surface area contributed by atoms with Crippen LogP contribution in [0.25, 0.3) is 0 Å². The molecule has 3 nitrogen and oxygen atoms in total. The number of aryl methyl sites for hydroxylation is 1. The molecule has 0 radical (unpaired) electrons. The normalized spacial score (nSPS) is 13.0. The number of aliphatic hydroxyl groups is 1. The van der Waals surface area contributed by atoms with Crippen LogP contribution in [0, 0.1) is 0 Å². The van der Waals surface area contributed by atoms with Crippen molar-refractivity contribution in [2.45, 2.75) is 25.3 Å². The van der Waals surface area contributed by atoms with Gasteiger partial charge in [0.2, 0.25) is 0 Å². The van der Waals surface area contributed by atoms with E-state index in [0.717, 1.165) is 5.56 Å². The van der Waals surface area contributed by atoms with Gasteiger partial charge in [-0.25, -0.2) is 0 Å². The quantitative estimate of drug-likeness (QED) is 0.916. The maximum absolute atomic E-state index is 12.2. The lowest BCUT2D eigenvalue weighted by molar-refractivity contribution is -0.274. The van der Waals surface area contributed by atoms with Gasteiger partial charge in [-0.3, -0.25) is 4.98 Å². The third kappa shape index (κ3) is 5.07. The van der Waals surface area contributed by atoms with Crippen molar-refractivity contribution in [1.29, 1.82) is 0 Å². The molecule has 1 aromatic carbocycles. The minimum absolute atomic E-state index is 0.331. The van der Waals surface area contributed by atoms with Crippen LogP contribution in [0.15, 0.2) is 48.8 Å². The number of aromatic nitrogens is 1. The van der Waals surface area contributed by atoms with Gasteiger partial charge >= 0.3 is 6.36 Å². The Morgan fingerprint density at radius 2 is 1.86 bits per heavy atom. The molecule has 6 heteroatoms. The first-order valence-electron chi connectivity index (χ1n) is 6.37. The minimum atomic E-state index is -4.74. The van der Waals surface area contributed by atoms with Gasteiger partial charge in [0.25, 0.3) is 0 Å². The highest BCUT2D eigenvalue weighted by Crippen LogP contribution is 2.27. The van der Waals surface area contributed by atoms with E-state index in [1.807, 2.05) is 12.1 Å². The topological polar surface area (TPSA) is 42.4 Å². The molecule has 1 aromatic heterocycles. The Hall–Kier alpha value is -2.08. The van der Waals surface area contributed by atoms with E-state index in [-0.39, 0.29) is 5.75 Å². The molecule has 0 saturated carbocycles. The molecule has 112 valence electrons. The first-order chi connectivity index (χ1) is 9.94. The van der Waals surface area contributed by atoms with E-state index in [2.05, 4.69) is 9.72 Å². The van der Waals surface area contributed by atoms with Crippen LogP contribution in [0.1, 0.15) is 23.7 Å². The average Bonchev–Trinajstić information content (AvgIpc) is 2.44. The van der Waals surface area contributed by atoms with Gasteiger partial charge in [-0.2, -0.15) is 0 Å². The maximum Gasteiger partial charge on any atom is 0.573 e. The molecule has 1 atom stereocenters. The zero-order chi connectivity index (χ0) is 15.3. The van der Waals surface area contributed by atoms with Crippen LogP contribution in [0.4, 0.5) is 13.2 Å². The predicted molar refractivity (Wildman–Crippen MR) is 70.6 cm³/mol. The smallest absolute Gasteiger partial charge is 0.406 e. The van der Waals surface area contributed by atoms with Gasteiger partial charge in [0.15, 0.2) is 0 Å². The molecule has 0 fully saturated rings. The van der Waals surface area contributed by atoms with E-state index < -0.39 is 12.5 Å². The number of alkyl halides is 3. The third-order valence-electron chi connectivity index (χ3n) is 2.93. The molecule has 1 heterocycles. The van der Waals surface area contributed by atoms with Gasteiger partial charge in [0.05, 0.1) is 6.10 Å². The molecule has 1 unspecified atom stereocenters. The lowest BCUT2D eigenvalue weighted by atomic mass is 10.0. The fourth-order valence-electron chi connectivity index (χ4n) is 1.94. The lowest BCUT2D eigenvalue weighted by Crippen LogP contribution is -2.17. The van der Waals surface area contributed by atoms with Gasteiger partial charge in [-0.15, -0.1) is 13.2 Å². The summed E-state index contributed by atoms with van der Waals surface area (Å²) in [4.78, 5) is 3.89. The second-order valence-corrected chi connectivity index (χ2v) is 4.53. The van der Waals surface area contributed by atoms with Crippen molar-refractivity contribution < 1.29 is 23.0 Å². The molecule has 0 aliphatic heterocycles. The van der Waals surface area contributed by atoms with Gasteiger partial charge in [-0.1, -0.05) is 12.1 Å². The second-order valence-electron chi connectivity index (χ2n) is 4.53. The Labute approximate surface area is 120 Å². The zero-order valence-electron chi connectivity index (χ0n) is 11.0. The average molecular weight is 297 g/mol. The van der Waals surface area contributed by atoms with Crippen molar-refractivity contribution >= 4 is 0 Å². The lowest BCUT2D eigenvalue weighted by Gasteiger charge is -2.14. The molecular formula is C15H14F3NO2. The summed E-state index contributed by atoms with van der Waals surface area (Å²) in [7, 11) is 0. The number of benzene rings is 1. The second kappa shape index (κ2) is 6.58. The van der Waals surface area contributed by atoms with E-state index >= 15 is 0 Å². The molecule has 2 aromatic rings. The summed E-state index contributed by atoms with van der Waals surface area (Å²) in [5.41, 5.74) is 1.40. The predicted octanol–water partition coefficient (Wildman–Crippen LogP) is 3.65. The number of hydrogen-bond acceptors (Lipinski definition) is 3. The molecule has 0 aliphatic carbocycles. The van der Waals surface area contributed by atoms with E-state index in [1.165, 1.54) is 18.2 Å². The summed E-state index contributed by atoms with van der Waals surface area (Å²) in [5.74, 6) is -0.331. The van der Waals surface area contributed by atoms with Crippen molar-refractivity contribution in [1.82, 2.24) is 4.98 Å². The van der Waals surface area contributed by atoms with Crippen molar-refractivity contribution in [3.8, 4) is 5.75 Å². The summed E-state index contributed by atoms with van der Waals surface area (Å²) in [6.45, 7) is 0. The number of hydrogen-bond donors (Lipinski definition) is 1. The van der Waals surface area contributed by atoms with Gasteiger partial charge in [0, 0.05) is 12.4 Å². The first-order valence-corrected chi connectivity index (χ1v) is 6.37. The van der Waals surface area contributed by atoms with Crippen molar-refractivity contribution in [2.24, 2.45) is 0 Å². The summed E-state index contributed by atoms with van der Waals surface area (Å²) in [5, 5.41) is 10.1. The molecule has 21 heavy (non-hydrogen) atoms. The maximum atomic E-state index is 12.2.